The number of rotatable bonds is 5. The normalized spacial score (nSPS) is 15.1. The number of nitrogens with one attached hydrogen (secondary N) is 1. The average molecular weight is 259 g/mol. The molecule has 0 spiro atoms. The van der Waals surface area contributed by atoms with Gasteiger partial charge in [-0.1, -0.05) is 13.8 Å². The summed E-state index contributed by atoms with van der Waals surface area (Å²) in [6.45, 7) is 4.29. The van der Waals surface area contributed by atoms with Gasteiger partial charge < -0.3 is 10.4 Å². The van der Waals surface area contributed by atoms with Crippen LogP contribution in [-0.2, 0) is 12.8 Å². The zero-order valence-electron chi connectivity index (χ0n) is 11.6. The average Bonchev–Trinajstić information content (AvgIpc) is 2.83. The number of fused-ring (bicyclic) bond motifs is 1. The first kappa shape index (κ1) is 13.8. The Morgan fingerprint density at radius 1 is 1.47 bits per heavy atom. The monoisotopic (exact) mass is 259 g/mol. The summed E-state index contributed by atoms with van der Waals surface area (Å²) in [6, 6.07) is 4.10. The lowest BCUT2D eigenvalue weighted by Gasteiger charge is -2.20. The van der Waals surface area contributed by atoms with Gasteiger partial charge in [-0.3, -0.25) is 0 Å². The van der Waals surface area contributed by atoms with Gasteiger partial charge in [0.25, 0.3) is 0 Å². The van der Waals surface area contributed by atoms with Crippen molar-refractivity contribution in [3.05, 3.63) is 22.9 Å². The van der Waals surface area contributed by atoms with Crippen molar-refractivity contribution in [2.45, 2.75) is 45.6 Å². The molecule has 0 saturated carbocycles. The van der Waals surface area contributed by atoms with E-state index in [2.05, 4.69) is 30.2 Å². The summed E-state index contributed by atoms with van der Waals surface area (Å²) in [6.07, 6.45) is 3.99. The molecule has 0 bridgehead atoms. The Balaban J connectivity index is 2.21. The van der Waals surface area contributed by atoms with E-state index in [4.69, 9.17) is 0 Å². The van der Waals surface area contributed by atoms with Gasteiger partial charge in [-0.2, -0.15) is 5.26 Å². The van der Waals surface area contributed by atoms with Crippen LogP contribution in [-0.4, -0.2) is 22.7 Å². The van der Waals surface area contributed by atoms with Crippen LogP contribution >= 0.6 is 0 Å². The topological polar surface area (TPSA) is 68.9 Å². The maximum absolute atomic E-state index is 9.42. The van der Waals surface area contributed by atoms with Gasteiger partial charge in [-0.25, -0.2) is 4.98 Å². The molecule has 2 rings (SSSR count). The van der Waals surface area contributed by atoms with Crippen LogP contribution in [0.3, 0.4) is 0 Å². The van der Waals surface area contributed by atoms with Crippen LogP contribution in [0.2, 0.25) is 0 Å². The minimum Gasteiger partial charge on any atom is -0.394 e. The summed E-state index contributed by atoms with van der Waals surface area (Å²) in [5, 5.41) is 21.9. The standard InChI is InChI=1S/C15H21N3O/c1-10(2)6-13(9-19)17-15-12(8-16)7-11-4-3-5-14(11)18-15/h7,10,13,19H,3-6,9H2,1-2H3,(H,17,18). The number of anilines is 1. The summed E-state index contributed by atoms with van der Waals surface area (Å²) >= 11 is 0. The molecule has 1 aliphatic carbocycles. The number of nitrogens with zero attached hydrogens (tertiary/aromatic N) is 2. The van der Waals surface area contributed by atoms with Crippen LogP contribution in [0, 0.1) is 17.2 Å². The molecule has 0 aliphatic heterocycles. The molecule has 19 heavy (non-hydrogen) atoms. The predicted molar refractivity (Wildman–Crippen MR) is 74.9 cm³/mol. The maximum atomic E-state index is 9.42. The van der Waals surface area contributed by atoms with Crippen molar-refractivity contribution in [1.82, 2.24) is 4.98 Å². The van der Waals surface area contributed by atoms with E-state index >= 15 is 0 Å². The van der Waals surface area contributed by atoms with Gasteiger partial charge in [-0.05, 0) is 43.2 Å². The van der Waals surface area contributed by atoms with Crippen molar-refractivity contribution >= 4 is 5.82 Å². The first-order valence-corrected chi connectivity index (χ1v) is 6.94. The molecule has 102 valence electrons. The van der Waals surface area contributed by atoms with Crippen LogP contribution in [0.1, 0.15) is 43.5 Å². The maximum Gasteiger partial charge on any atom is 0.144 e. The van der Waals surface area contributed by atoms with Crippen molar-refractivity contribution in [2.75, 3.05) is 11.9 Å². The molecule has 1 atom stereocenters. The molecule has 1 aromatic heterocycles. The highest BCUT2D eigenvalue weighted by Gasteiger charge is 2.18. The van der Waals surface area contributed by atoms with Gasteiger partial charge in [0.1, 0.15) is 11.9 Å². The Bertz CT molecular complexity index is 491. The second kappa shape index (κ2) is 6.03. The van der Waals surface area contributed by atoms with Crippen LogP contribution in [0.15, 0.2) is 6.07 Å². The lowest BCUT2D eigenvalue weighted by Crippen LogP contribution is -2.26. The van der Waals surface area contributed by atoms with Crippen molar-refractivity contribution in [3.8, 4) is 6.07 Å². The van der Waals surface area contributed by atoms with Gasteiger partial charge in [0.05, 0.1) is 18.2 Å². The summed E-state index contributed by atoms with van der Waals surface area (Å²) in [5.74, 6) is 1.12. The Kier molecular flexibility index (Phi) is 4.39. The third-order valence-corrected chi connectivity index (χ3v) is 3.49. The second-order valence-electron chi connectivity index (χ2n) is 5.61. The van der Waals surface area contributed by atoms with Gasteiger partial charge >= 0.3 is 0 Å². The van der Waals surface area contributed by atoms with E-state index < -0.39 is 0 Å². The molecule has 1 unspecified atom stereocenters. The summed E-state index contributed by atoms with van der Waals surface area (Å²) in [5.41, 5.74) is 2.89. The lowest BCUT2D eigenvalue weighted by atomic mass is 10.0. The molecule has 4 nitrogen and oxygen atoms in total. The van der Waals surface area contributed by atoms with Gasteiger partial charge in [0.15, 0.2) is 0 Å². The van der Waals surface area contributed by atoms with Crippen molar-refractivity contribution in [3.63, 3.8) is 0 Å². The molecule has 2 N–H and O–H groups in total. The molecule has 0 radical (unpaired) electrons. The van der Waals surface area contributed by atoms with Crippen LogP contribution in [0.5, 0.6) is 0 Å². The Hall–Kier alpha value is -1.60. The first-order valence-electron chi connectivity index (χ1n) is 6.94. The van der Waals surface area contributed by atoms with Crippen LogP contribution in [0.25, 0.3) is 0 Å². The molecule has 1 aromatic rings. The fraction of sp³-hybridized carbons (Fsp3) is 0.600. The molecule has 1 aliphatic rings. The summed E-state index contributed by atoms with van der Waals surface area (Å²) in [4.78, 5) is 4.57. The largest absolute Gasteiger partial charge is 0.394 e. The summed E-state index contributed by atoms with van der Waals surface area (Å²) < 4.78 is 0. The van der Waals surface area contributed by atoms with Gasteiger partial charge in [0.2, 0.25) is 0 Å². The molecule has 0 amide bonds. The minimum atomic E-state index is -0.0425. The van der Waals surface area contributed by atoms with Crippen LogP contribution in [0.4, 0.5) is 5.82 Å². The molecular formula is C15H21N3O. The fourth-order valence-corrected chi connectivity index (χ4v) is 2.61. The Morgan fingerprint density at radius 3 is 2.89 bits per heavy atom. The first-order chi connectivity index (χ1) is 9.13. The number of hydrogen-bond acceptors (Lipinski definition) is 4. The number of aromatic nitrogens is 1. The third-order valence-electron chi connectivity index (χ3n) is 3.49. The number of nitriles is 1. The quantitative estimate of drug-likeness (QED) is 0.851. The molecule has 4 heteroatoms. The Labute approximate surface area is 114 Å². The van der Waals surface area contributed by atoms with Gasteiger partial charge in [-0.15, -0.1) is 0 Å². The van der Waals surface area contributed by atoms with E-state index in [-0.39, 0.29) is 12.6 Å². The van der Waals surface area contributed by atoms with Gasteiger partial charge in [0, 0.05) is 5.69 Å². The third kappa shape index (κ3) is 3.24. The van der Waals surface area contributed by atoms with E-state index in [0.29, 0.717) is 17.3 Å². The smallest absolute Gasteiger partial charge is 0.144 e. The predicted octanol–water partition coefficient (Wildman–Crippen LogP) is 2.26. The highest BCUT2D eigenvalue weighted by atomic mass is 16.3. The van der Waals surface area contributed by atoms with E-state index in [1.807, 2.05) is 6.07 Å². The number of aliphatic hydroxyl groups excluding tert-OH is 1. The SMILES string of the molecule is CC(C)CC(CO)Nc1nc2c(cc1C#N)CCC2. The highest BCUT2D eigenvalue weighted by Crippen LogP contribution is 2.25. The number of pyridine rings is 1. The minimum absolute atomic E-state index is 0.0425. The van der Waals surface area contributed by atoms with Crippen LogP contribution < -0.4 is 5.32 Å². The number of aliphatic hydroxyl groups is 1. The summed E-state index contributed by atoms with van der Waals surface area (Å²) in [7, 11) is 0. The molecule has 0 fully saturated rings. The van der Waals surface area contributed by atoms with E-state index in [0.717, 1.165) is 31.4 Å². The zero-order chi connectivity index (χ0) is 13.8. The van der Waals surface area contributed by atoms with Crippen molar-refractivity contribution in [1.29, 1.82) is 5.26 Å². The molecule has 1 heterocycles. The Morgan fingerprint density at radius 2 is 2.26 bits per heavy atom. The second-order valence-corrected chi connectivity index (χ2v) is 5.61. The van der Waals surface area contributed by atoms with E-state index in [9.17, 15) is 10.4 Å². The van der Waals surface area contributed by atoms with Crippen molar-refractivity contribution < 1.29 is 5.11 Å². The van der Waals surface area contributed by atoms with Crippen molar-refractivity contribution in [2.24, 2.45) is 5.92 Å². The zero-order valence-corrected chi connectivity index (χ0v) is 11.6. The highest BCUT2D eigenvalue weighted by molar-refractivity contribution is 5.55. The van der Waals surface area contributed by atoms with E-state index in [1.165, 1.54) is 5.56 Å². The number of hydrogen-bond donors (Lipinski definition) is 2. The lowest BCUT2D eigenvalue weighted by molar-refractivity contribution is 0.259. The number of aryl methyl sites for hydroxylation is 2. The fourth-order valence-electron chi connectivity index (χ4n) is 2.61. The molecular weight excluding hydrogens is 238 g/mol. The van der Waals surface area contributed by atoms with E-state index in [1.54, 1.807) is 0 Å². The molecule has 0 aromatic carbocycles. The molecule has 0 saturated heterocycles.